The zero-order valence-electron chi connectivity index (χ0n) is 19.7. The third kappa shape index (κ3) is 9.41. The number of benzene rings is 1. The van der Waals surface area contributed by atoms with Gasteiger partial charge in [-0.25, -0.2) is 9.97 Å². The number of nitrogens with zero attached hydrogens (tertiary/aromatic N) is 2. The second-order valence-corrected chi connectivity index (χ2v) is 8.80. The van der Waals surface area contributed by atoms with Gasteiger partial charge in [-0.15, -0.1) is 0 Å². The van der Waals surface area contributed by atoms with Crippen molar-refractivity contribution in [1.82, 2.24) is 9.97 Å². The lowest BCUT2D eigenvalue weighted by Crippen LogP contribution is -1.99. The normalized spacial score (nSPS) is 11.1. The molecule has 166 valence electrons. The lowest BCUT2D eigenvalue weighted by molar-refractivity contribution is 0.588. The molecule has 0 saturated carbocycles. The zero-order chi connectivity index (χ0) is 21.3. The molecule has 0 saturated heterocycles. The second-order valence-electron chi connectivity index (χ2n) is 8.80. The zero-order valence-corrected chi connectivity index (χ0v) is 19.7. The molecular formula is C28H44N2. The number of rotatable bonds is 17. The van der Waals surface area contributed by atoms with Crippen LogP contribution >= 0.6 is 0 Å². The summed E-state index contributed by atoms with van der Waals surface area (Å²) in [5.41, 5.74) is 5.25. The van der Waals surface area contributed by atoms with Crippen molar-refractivity contribution in [1.29, 1.82) is 0 Å². The fourth-order valence-corrected chi connectivity index (χ4v) is 4.30. The van der Waals surface area contributed by atoms with E-state index in [0.29, 0.717) is 0 Å². The minimum Gasteiger partial charge on any atom is -0.244 e. The first-order valence-corrected chi connectivity index (χ1v) is 12.7. The summed E-state index contributed by atoms with van der Waals surface area (Å²) in [5.74, 6) is 0. The lowest BCUT2D eigenvalue weighted by Gasteiger charge is -2.13. The Bertz CT molecular complexity index is 620. The first-order chi connectivity index (χ1) is 14.9. The Morgan fingerprint density at radius 1 is 0.600 bits per heavy atom. The Kier molecular flexibility index (Phi) is 13.1. The molecule has 0 unspecified atom stereocenters. The fourth-order valence-electron chi connectivity index (χ4n) is 4.30. The van der Waals surface area contributed by atoms with E-state index in [9.17, 15) is 0 Å². The van der Waals surface area contributed by atoms with E-state index in [4.69, 9.17) is 4.98 Å². The lowest BCUT2D eigenvalue weighted by atomic mass is 9.95. The monoisotopic (exact) mass is 408 g/mol. The topological polar surface area (TPSA) is 25.8 Å². The van der Waals surface area contributed by atoms with Gasteiger partial charge in [-0.05, 0) is 36.8 Å². The van der Waals surface area contributed by atoms with Crippen LogP contribution in [0.15, 0.2) is 36.8 Å². The van der Waals surface area contributed by atoms with Crippen molar-refractivity contribution in [3.63, 3.8) is 0 Å². The molecule has 2 rings (SSSR count). The largest absolute Gasteiger partial charge is 0.244 e. The first-order valence-electron chi connectivity index (χ1n) is 12.7. The Labute approximate surface area is 185 Å². The van der Waals surface area contributed by atoms with Crippen LogP contribution in [0.5, 0.6) is 0 Å². The van der Waals surface area contributed by atoms with Gasteiger partial charge < -0.3 is 0 Å². The highest BCUT2D eigenvalue weighted by Crippen LogP contribution is 2.27. The quantitative estimate of drug-likeness (QED) is 0.244. The van der Waals surface area contributed by atoms with Crippen molar-refractivity contribution in [3.8, 4) is 11.3 Å². The Balaban J connectivity index is 1.87. The molecule has 0 aliphatic carbocycles. The molecule has 30 heavy (non-hydrogen) atoms. The third-order valence-corrected chi connectivity index (χ3v) is 6.16. The molecule has 1 aromatic carbocycles. The summed E-state index contributed by atoms with van der Waals surface area (Å²) in [7, 11) is 0. The number of aryl methyl sites for hydroxylation is 2. The minimum absolute atomic E-state index is 1.09. The van der Waals surface area contributed by atoms with E-state index >= 15 is 0 Å². The van der Waals surface area contributed by atoms with Crippen LogP contribution in [0.1, 0.15) is 115 Å². The van der Waals surface area contributed by atoms with Gasteiger partial charge in [-0.1, -0.05) is 115 Å². The van der Waals surface area contributed by atoms with Gasteiger partial charge in [-0.2, -0.15) is 0 Å². The summed E-state index contributed by atoms with van der Waals surface area (Å²) < 4.78 is 0. The second kappa shape index (κ2) is 16.1. The van der Waals surface area contributed by atoms with Crippen LogP contribution in [-0.2, 0) is 12.8 Å². The Hall–Kier alpha value is -1.70. The summed E-state index contributed by atoms with van der Waals surface area (Å²) in [5, 5.41) is 0. The van der Waals surface area contributed by atoms with Gasteiger partial charge in [0.05, 0.1) is 5.69 Å². The molecule has 1 heterocycles. The first kappa shape index (κ1) is 24.6. The van der Waals surface area contributed by atoms with E-state index in [1.54, 1.807) is 6.33 Å². The molecule has 0 bridgehead atoms. The maximum absolute atomic E-state index is 4.72. The molecule has 2 nitrogen and oxygen atoms in total. The van der Waals surface area contributed by atoms with Crippen molar-refractivity contribution >= 4 is 0 Å². The summed E-state index contributed by atoms with van der Waals surface area (Å²) in [6.07, 6.45) is 24.9. The van der Waals surface area contributed by atoms with E-state index in [1.807, 2.05) is 6.20 Å². The third-order valence-electron chi connectivity index (χ3n) is 6.16. The summed E-state index contributed by atoms with van der Waals surface area (Å²) >= 11 is 0. The van der Waals surface area contributed by atoms with Gasteiger partial charge in [0, 0.05) is 11.8 Å². The van der Waals surface area contributed by atoms with Gasteiger partial charge in [0.25, 0.3) is 0 Å². The molecule has 2 heteroatoms. The number of aromatic nitrogens is 2. The molecule has 0 N–H and O–H groups in total. The predicted octanol–water partition coefficient (Wildman–Crippen LogP) is 8.73. The average Bonchev–Trinajstić information content (AvgIpc) is 2.78. The maximum Gasteiger partial charge on any atom is 0.116 e. The van der Waals surface area contributed by atoms with Crippen LogP contribution in [0, 0.1) is 0 Å². The molecule has 2 aromatic rings. The minimum atomic E-state index is 1.09. The van der Waals surface area contributed by atoms with E-state index in [-0.39, 0.29) is 0 Å². The Morgan fingerprint density at radius 2 is 1.13 bits per heavy atom. The van der Waals surface area contributed by atoms with Gasteiger partial charge in [0.1, 0.15) is 6.33 Å². The van der Waals surface area contributed by atoms with Crippen LogP contribution in [-0.4, -0.2) is 9.97 Å². The van der Waals surface area contributed by atoms with Crippen molar-refractivity contribution < 1.29 is 0 Å². The highest BCUT2D eigenvalue weighted by atomic mass is 14.8. The Morgan fingerprint density at radius 3 is 1.77 bits per heavy atom. The van der Waals surface area contributed by atoms with Gasteiger partial charge >= 0.3 is 0 Å². The van der Waals surface area contributed by atoms with Crippen molar-refractivity contribution in [3.05, 3.63) is 47.9 Å². The summed E-state index contributed by atoms with van der Waals surface area (Å²) in [6, 6.07) is 8.89. The van der Waals surface area contributed by atoms with Gasteiger partial charge in [0.2, 0.25) is 0 Å². The molecule has 0 radical (unpaired) electrons. The van der Waals surface area contributed by atoms with E-state index in [1.165, 1.54) is 107 Å². The van der Waals surface area contributed by atoms with Crippen molar-refractivity contribution in [2.24, 2.45) is 0 Å². The molecule has 1 aromatic heterocycles. The highest BCUT2D eigenvalue weighted by molar-refractivity contribution is 5.66. The van der Waals surface area contributed by atoms with Crippen LogP contribution in [0.25, 0.3) is 11.3 Å². The molecule has 0 aliphatic heterocycles. The molecule has 0 atom stereocenters. The standard InChI is InChI=1S/C28H44N2/c1-3-5-7-9-11-13-15-19-25-20-17-18-22-27(25)28-26(23-29-24-30-28)21-16-14-12-10-8-6-4-2/h17-18,20,22-24H,3-16,19,21H2,1-2H3. The van der Waals surface area contributed by atoms with Crippen LogP contribution in [0.3, 0.4) is 0 Å². The number of hydrogen-bond acceptors (Lipinski definition) is 2. The molecule has 0 amide bonds. The highest BCUT2D eigenvalue weighted by Gasteiger charge is 2.11. The van der Waals surface area contributed by atoms with Crippen molar-refractivity contribution in [2.45, 2.75) is 117 Å². The SMILES string of the molecule is CCCCCCCCCc1ccccc1-c1ncncc1CCCCCCCCC. The summed E-state index contributed by atoms with van der Waals surface area (Å²) in [4.78, 5) is 9.06. The van der Waals surface area contributed by atoms with Gasteiger partial charge in [-0.3, -0.25) is 0 Å². The van der Waals surface area contributed by atoms with Gasteiger partial charge in [0.15, 0.2) is 0 Å². The average molecular weight is 409 g/mol. The number of unbranched alkanes of at least 4 members (excludes halogenated alkanes) is 12. The molecule has 0 spiro atoms. The van der Waals surface area contributed by atoms with Crippen LogP contribution in [0.4, 0.5) is 0 Å². The summed E-state index contributed by atoms with van der Waals surface area (Å²) in [6.45, 7) is 4.56. The van der Waals surface area contributed by atoms with E-state index in [2.05, 4.69) is 43.1 Å². The smallest absolute Gasteiger partial charge is 0.116 e. The van der Waals surface area contributed by atoms with Crippen LogP contribution < -0.4 is 0 Å². The van der Waals surface area contributed by atoms with E-state index < -0.39 is 0 Å². The number of hydrogen-bond donors (Lipinski definition) is 0. The predicted molar refractivity (Wildman–Crippen MR) is 131 cm³/mol. The van der Waals surface area contributed by atoms with Crippen molar-refractivity contribution in [2.75, 3.05) is 0 Å². The maximum atomic E-state index is 4.72. The molecule has 0 fully saturated rings. The molecule has 0 aliphatic rings. The van der Waals surface area contributed by atoms with Crippen LogP contribution in [0.2, 0.25) is 0 Å². The molecular weight excluding hydrogens is 364 g/mol. The fraction of sp³-hybridized carbons (Fsp3) is 0.643. The van der Waals surface area contributed by atoms with E-state index in [0.717, 1.165) is 18.5 Å².